The number of ether oxygens (including phenoxy) is 3. The molecule has 1 heterocycles. The number of hydrogen-bond donors (Lipinski definition) is 5. The van der Waals surface area contributed by atoms with E-state index in [0.717, 1.165) is 24.8 Å². The van der Waals surface area contributed by atoms with Crippen molar-refractivity contribution in [3.63, 3.8) is 0 Å². The Balaban J connectivity index is 1.90. The average Bonchev–Trinajstić information content (AvgIpc) is 2.93. The van der Waals surface area contributed by atoms with E-state index in [9.17, 15) is 20.1 Å². The van der Waals surface area contributed by atoms with E-state index >= 15 is 0 Å². The molecule has 0 saturated carbocycles. The SMILES string of the molecule is CCCCCCCCCCCC(CC(=O)N[C@@H]1[C@@H](OCCO)O[C@H](CO)[C@@H](O)[C@@H]1O)OCc1ccccc1. The fraction of sp³-hybridized carbons (Fsp3) is 0.759. The minimum Gasteiger partial charge on any atom is -0.394 e. The summed E-state index contributed by atoms with van der Waals surface area (Å²) >= 11 is 0. The minimum atomic E-state index is -1.41. The maximum atomic E-state index is 13.0. The third-order valence-corrected chi connectivity index (χ3v) is 6.95. The predicted octanol–water partition coefficient (Wildman–Crippen LogP) is 2.82. The average molecular weight is 540 g/mol. The van der Waals surface area contributed by atoms with Crippen LogP contribution in [0.1, 0.15) is 83.1 Å². The number of benzene rings is 1. The van der Waals surface area contributed by atoms with Crippen molar-refractivity contribution in [2.24, 2.45) is 0 Å². The maximum Gasteiger partial charge on any atom is 0.223 e. The molecule has 1 fully saturated rings. The second-order valence-electron chi connectivity index (χ2n) is 10.1. The molecule has 0 spiro atoms. The fourth-order valence-corrected chi connectivity index (χ4v) is 4.71. The number of nitrogens with one attached hydrogen (secondary N) is 1. The monoisotopic (exact) mass is 539 g/mol. The summed E-state index contributed by atoms with van der Waals surface area (Å²) in [5.74, 6) is -0.362. The molecule has 9 heteroatoms. The van der Waals surface area contributed by atoms with Crippen LogP contribution in [0, 0.1) is 0 Å². The smallest absolute Gasteiger partial charge is 0.223 e. The van der Waals surface area contributed by atoms with Crippen molar-refractivity contribution in [1.29, 1.82) is 0 Å². The van der Waals surface area contributed by atoms with Gasteiger partial charge in [0.25, 0.3) is 0 Å². The Hall–Kier alpha value is -1.59. The topological polar surface area (TPSA) is 138 Å². The molecule has 1 saturated heterocycles. The summed E-state index contributed by atoms with van der Waals surface area (Å²) in [6.45, 7) is 1.73. The summed E-state index contributed by atoms with van der Waals surface area (Å²) in [6, 6.07) is 8.74. The number of hydrogen-bond acceptors (Lipinski definition) is 8. The first-order chi connectivity index (χ1) is 18.5. The molecule has 9 nitrogen and oxygen atoms in total. The van der Waals surface area contributed by atoms with Gasteiger partial charge in [0.05, 0.1) is 39.0 Å². The van der Waals surface area contributed by atoms with Gasteiger partial charge in [0, 0.05) is 0 Å². The van der Waals surface area contributed by atoms with E-state index in [1.54, 1.807) is 0 Å². The highest BCUT2D eigenvalue weighted by Crippen LogP contribution is 2.23. The summed E-state index contributed by atoms with van der Waals surface area (Å²) in [4.78, 5) is 13.0. The van der Waals surface area contributed by atoms with E-state index < -0.39 is 37.3 Å². The van der Waals surface area contributed by atoms with Crippen LogP contribution in [0.3, 0.4) is 0 Å². The van der Waals surface area contributed by atoms with Gasteiger partial charge in [-0.3, -0.25) is 4.79 Å². The van der Waals surface area contributed by atoms with Crippen molar-refractivity contribution in [1.82, 2.24) is 5.32 Å². The van der Waals surface area contributed by atoms with E-state index in [1.165, 1.54) is 44.9 Å². The number of aliphatic hydroxyl groups excluding tert-OH is 4. The molecule has 38 heavy (non-hydrogen) atoms. The van der Waals surface area contributed by atoms with Crippen LogP contribution in [0.2, 0.25) is 0 Å². The first-order valence-corrected chi connectivity index (χ1v) is 14.3. The molecular weight excluding hydrogens is 490 g/mol. The van der Waals surface area contributed by atoms with Gasteiger partial charge >= 0.3 is 0 Å². The molecule has 0 aromatic heterocycles. The fourth-order valence-electron chi connectivity index (χ4n) is 4.71. The predicted molar refractivity (Wildman–Crippen MR) is 144 cm³/mol. The molecule has 1 aliphatic heterocycles. The molecule has 0 radical (unpaired) electrons. The molecule has 0 aliphatic carbocycles. The van der Waals surface area contributed by atoms with Crippen molar-refractivity contribution in [2.75, 3.05) is 19.8 Å². The molecule has 1 aromatic carbocycles. The highest BCUT2D eigenvalue weighted by atomic mass is 16.7. The Bertz CT molecular complexity index is 737. The standard InChI is InChI=1S/C29H49NO8/c1-2-3-4-5-6-7-8-9-13-16-23(37-21-22-14-11-10-12-15-22)19-25(33)30-26-28(35)27(34)24(20-32)38-29(26)36-18-17-31/h10-12,14-15,23-24,26-29,31-32,34-35H,2-9,13,16-21H2,1H3,(H,30,33)/t23?,24-,26+,27-,28-,29+/m1/s1. The maximum absolute atomic E-state index is 13.0. The van der Waals surface area contributed by atoms with Crippen LogP contribution in [0.5, 0.6) is 0 Å². The summed E-state index contributed by atoms with van der Waals surface area (Å²) in [5.41, 5.74) is 1.02. The lowest BCUT2D eigenvalue weighted by Gasteiger charge is -2.42. The molecule has 1 amide bonds. The molecule has 1 aromatic rings. The summed E-state index contributed by atoms with van der Waals surface area (Å²) in [5, 5.41) is 42.2. The third-order valence-electron chi connectivity index (χ3n) is 6.95. The third kappa shape index (κ3) is 12.1. The van der Waals surface area contributed by atoms with E-state index in [4.69, 9.17) is 19.3 Å². The molecule has 218 valence electrons. The second-order valence-corrected chi connectivity index (χ2v) is 10.1. The number of aliphatic hydroxyl groups is 4. The minimum absolute atomic E-state index is 0.0827. The van der Waals surface area contributed by atoms with Crippen LogP contribution in [-0.2, 0) is 25.6 Å². The van der Waals surface area contributed by atoms with Gasteiger partial charge in [-0.1, -0.05) is 95.0 Å². The van der Waals surface area contributed by atoms with Crippen molar-refractivity contribution >= 4 is 5.91 Å². The van der Waals surface area contributed by atoms with Crippen LogP contribution in [0.4, 0.5) is 0 Å². The van der Waals surface area contributed by atoms with E-state index in [-0.39, 0.29) is 31.6 Å². The van der Waals surface area contributed by atoms with Crippen LogP contribution in [0.15, 0.2) is 30.3 Å². The normalized spacial score (nSPS) is 24.3. The Morgan fingerprint density at radius 2 is 1.63 bits per heavy atom. The molecule has 2 rings (SSSR count). The van der Waals surface area contributed by atoms with Gasteiger partial charge in [-0.25, -0.2) is 0 Å². The number of carbonyl (C=O) groups is 1. The van der Waals surface area contributed by atoms with Gasteiger partial charge in [0.2, 0.25) is 5.91 Å². The summed E-state index contributed by atoms with van der Waals surface area (Å²) < 4.78 is 17.1. The zero-order valence-electron chi connectivity index (χ0n) is 22.9. The van der Waals surface area contributed by atoms with Gasteiger partial charge in [-0.2, -0.15) is 0 Å². The Morgan fingerprint density at radius 3 is 2.26 bits per heavy atom. The van der Waals surface area contributed by atoms with Crippen molar-refractivity contribution < 1.29 is 39.4 Å². The van der Waals surface area contributed by atoms with Crippen LogP contribution in [0.25, 0.3) is 0 Å². The number of carbonyl (C=O) groups excluding carboxylic acids is 1. The molecule has 1 aliphatic rings. The number of amides is 1. The van der Waals surface area contributed by atoms with Gasteiger partial charge < -0.3 is 40.0 Å². The highest BCUT2D eigenvalue weighted by Gasteiger charge is 2.45. The van der Waals surface area contributed by atoms with Gasteiger partial charge in [0.15, 0.2) is 6.29 Å². The summed E-state index contributed by atoms with van der Waals surface area (Å²) in [6.07, 6.45) is 6.39. The van der Waals surface area contributed by atoms with E-state index in [0.29, 0.717) is 6.61 Å². The van der Waals surface area contributed by atoms with Gasteiger partial charge in [-0.15, -0.1) is 0 Å². The molecular formula is C29H49NO8. The largest absolute Gasteiger partial charge is 0.394 e. The lowest BCUT2D eigenvalue weighted by molar-refractivity contribution is -0.271. The van der Waals surface area contributed by atoms with Gasteiger partial charge in [0.1, 0.15) is 24.4 Å². The Labute approximate surface area is 227 Å². The molecule has 5 N–H and O–H groups in total. The highest BCUT2D eigenvalue weighted by molar-refractivity contribution is 5.77. The summed E-state index contributed by atoms with van der Waals surface area (Å²) in [7, 11) is 0. The van der Waals surface area contributed by atoms with Crippen LogP contribution in [-0.4, -0.2) is 82.9 Å². The van der Waals surface area contributed by atoms with Crippen molar-refractivity contribution in [3.05, 3.63) is 35.9 Å². The van der Waals surface area contributed by atoms with E-state index in [1.807, 2.05) is 30.3 Å². The second kappa shape index (κ2) is 19.5. The van der Waals surface area contributed by atoms with Crippen LogP contribution < -0.4 is 5.32 Å². The number of unbranched alkanes of at least 4 members (excludes halogenated alkanes) is 8. The lowest BCUT2D eigenvalue weighted by Crippen LogP contribution is -2.65. The molecule has 0 bridgehead atoms. The Morgan fingerprint density at radius 1 is 0.974 bits per heavy atom. The zero-order valence-corrected chi connectivity index (χ0v) is 22.9. The first kappa shape index (κ1) is 32.6. The van der Waals surface area contributed by atoms with Gasteiger partial charge in [-0.05, 0) is 12.0 Å². The van der Waals surface area contributed by atoms with E-state index in [2.05, 4.69) is 12.2 Å². The van der Waals surface area contributed by atoms with Crippen molar-refractivity contribution in [2.45, 2.75) is 121 Å². The number of rotatable bonds is 20. The van der Waals surface area contributed by atoms with Crippen molar-refractivity contribution in [3.8, 4) is 0 Å². The molecule has 1 unspecified atom stereocenters. The quantitative estimate of drug-likeness (QED) is 0.160. The lowest BCUT2D eigenvalue weighted by atomic mass is 9.96. The first-order valence-electron chi connectivity index (χ1n) is 14.3. The molecule has 6 atom stereocenters. The zero-order chi connectivity index (χ0) is 27.6. The van der Waals surface area contributed by atoms with Crippen LogP contribution >= 0.6 is 0 Å². The Kier molecular flexibility index (Phi) is 16.7.